The average molecular weight is 474 g/mol. The highest BCUT2D eigenvalue weighted by molar-refractivity contribution is 5.99. The summed E-state index contributed by atoms with van der Waals surface area (Å²) in [6.45, 7) is 12.4. The standard InChI is InChI=1S/C30H39N3O2/c1-22(2)17-32(18-23(3)4)19-27-25-11-8-12-29(34)26(25)13-14-30(27)35-20-28(33-16-15-31-21-33)24-9-6-5-7-10-24/h5-7,9-10,13-16,21-23,28H,8,11-12,17-20H2,1-4H3. The van der Waals surface area contributed by atoms with Gasteiger partial charge in [0.25, 0.3) is 0 Å². The monoisotopic (exact) mass is 473 g/mol. The number of hydrogen-bond acceptors (Lipinski definition) is 4. The molecule has 5 heteroatoms. The van der Waals surface area contributed by atoms with Gasteiger partial charge in [0.1, 0.15) is 12.4 Å². The first-order valence-corrected chi connectivity index (χ1v) is 13.0. The lowest BCUT2D eigenvalue weighted by atomic mass is 9.86. The largest absolute Gasteiger partial charge is 0.491 e. The zero-order chi connectivity index (χ0) is 24.8. The van der Waals surface area contributed by atoms with E-state index in [1.807, 2.05) is 36.9 Å². The SMILES string of the molecule is CC(C)CN(Cc1c(OCC(c2ccccc2)n2ccnc2)ccc2c1CCCC2=O)CC(C)C. The molecule has 1 aliphatic rings. The van der Waals surface area contributed by atoms with Crippen molar-refractivity contribution in [2.24, 2.45) is 11.8 Å². The smallest absolute Gasteiger partial charge is 0.163 e. The van der Waals surface area contributed by atoms with E-state index in [9.17, 15) is 4.79 Å². The highest BCUT2D eigenvalue weighted by atomic mass is 16.5. The molecular formula is C30H39N3O2. The van der Waals surface area contributed by atoms with Crippen LogP contribution in [0.25, 0.3) is 0 Å². The van der Waals surface area contributed by atoms with Crippen molar-refractivity contribution >= 4 is 5.78 Å². The van der Waals surface area contributed by atoms with Gasteiger partial charge in [-0.15, -0.1) is 0 Å². The Balaban J connectivity index is 1.66. The first-order valence-electron chi connectivity index (χ1n) is 13.0. The van der Waals surface area contributed by atoms with Crippen molar-refractivity contribution in [2.75, 3.05) is 19.7 Å². The normalized spacial score (nSPS) is 14.5. The van der Waals surface area contributed by atoms with Crippen molar-refractivity contribution in [3.63, 3.8) is 0 Å². The Bertz CT molecular complexity index is 1080. The molecule has 186 valence electrons. The molecule has 4 rings (SSSR count). The number of ether oxygens (including phenoxy) is 1. The van der Waals surface area contributed by atoms with Crippen LogP contribution in [0.15, 0.2) is 61.2 Å². The Morgan fingerprint density at radius 2 is 1.74 bits per heavy atom. The van der Waals surface area contributed by atoms with Gasteiger partial charge < -0.3 is 9.30 Å². The van der Waals surface area contributed by atoms with Crippen LogP contribution in [0, 0.1) is 11.8 Å². The second-order valence-electron chi connectivity index (χ2n) is 10.6. The summed E-state index contributed by atoms with van der Waals surface area (Å²) >= 11 is 0. The molecule has 0 radical (unpaired) electrons. The summed E-state index contributed by atoms with van der Waals surface area (Å²) in [7, 11) is 0. The zero-order valence-corrected chi connectivity index (χ0v) is 21.6. The van der Waals surface area contributed by atoms with E-state index in [0.717, 1.165) is 43.8 Å². The number of rotatable bonds is 11. The quantitative estimate of drug-likeness (QED) is 0.333. The van der Waals surface area contributed by atoms with Gasteiger partial charge in [-0.3, -0.25) is 9.69 Å². The zero-order valence-electron chi connectivity index (χ0n) is 21.6. The molecule has 1 unspecified atom stereocenters. The minimum absolute atomic E-state index is 0.0200. The molecule has 35 heavy (non-hydrogen) atoms. The third-order valence-corrected chi connectivity index (χ3v) is 6.61. The van der Waals surface area contributed by atoms with Crippen molar-refractivity contribution in [2.45, 2.75) is 59.5 Å². The number of ketones is 1. The molecule has 1 aliphatic carbocycles. The summed E-state index contributed by atoms with van der Waals surface area (Å²) in [6, 6.07) is 14.4. The first-order chi connectivity index (χ1) is 16.9. The van der Waals surface area contributed by atoms with E-state index >= 15 is 0 Å². The third kappa shape index (κ3) is 6.40. The second kappa shape index (κ2) is 11.7. The van der Waals surface area contributed by atoms with Gasteiger partial charge in [0.2, 0.25) is 0 Å². The third-order valence-electron chi connectivity index (χ3n) is 6.61. The van der Waals surface area contributed by atoms with Crippen molar-refractivity contribution in [3.8, 4) is 5.75 Å². The number of carbonyl (C=O) groups is 1. The van der Waals surface area contributed by atoms with Crippen LogP contribution in [0.4, 0.5) is 0 Å². The number of hydrogen-bond donors (Lipinski definition) is 0. The van der Waals surface area contributed by atoms with E-state index in [2.05, 4.69) is 66.4 Å². The molecule has 0 fully saturated rings. The molecule has 0 N–H and O–H groups in total. The summed E-state index contributed by atoms with van der Waals surface area (Å²) in [4.78, 5) is 19.5. The molecular weight excluding hydrogens is 434 g/mol. The maximum Gasteiger partial charge on any atom is 0.163 e. The summed E-state index contributed by atoms with van der Waals surface area (Å²) in [5.41, 5.74) is 4.45. The number of nitrogens with zero attached hydrogens (tertiary/aromatic N) is 3. The Labute approximate surface area is 210 Å². The van der Waals surface area contributed by atoms with Gasteiger partial charge in [0, 0.05) is 49.6 Å². The number of imidazole rings is 1. The van der Waals surface area contributed by atoms with E-state index in [-0.39, 0.29) is 11.8 Å². The average Bonchev–Trinajstić information content (AvgIpc) is 3.35. The lowest BCUT2D eigenvalue weighted by Crippen LogP contribution is -2.32. The van der Waals surface area contributed by atoms with Crippen LogP contribution in [0.5, 0.6) is 5.75 Å². The van der Waals surface area contributed by atoms with Gasteiger partial charge in [0.05, 0.1) is 12.4 Å². The van der Waals surface area contributed by atoms with E-state index in [4.69, 9.17) is 4.74 Å². The molecule has 3 aromatic rings. The molecule has 0 aliphatic heterocycles. The van der Waals surface area contributed by atoms with Gasteiger partial charge in [0.15, 0.2) is 5.78 Å². The van der Waals surface area contributed by atoms with Gasteiger partial charge >= 0.3 is 0 Å². The van der Waals surface area contributed by atoms with Crippen LogP contribution in [0.2, 0.25) is 0 Å². The van der Waals surface area contributed by atoms with Crippen LogP contribution >= 0.6 is 0 Å². The molecule has 0 saturated heterocycles. The molecule has 0 amide bonds. The summed E-state index contributed by atoms with van der Waals surface area (Å²) in [5.74, 6) is 2.31. The van der Waals surface area contributed by atoms with Crippen molar-refractivity contribution < 1.29 is 9.53 Å². The number of benzene rings is 2. The maximum atomic E-state index is 12.7. The van der Waals surface area contributed by atoms with Crippen LogP contribution in [0.1, 0.15) is 73.6 Å². The Kier molecular flexibility index (Phi) is 8.40. The molecule has 0 bridgehead atoms. The summed E-state index contributed by atoms with van der Waals surface area (Å²) in [6.07, 6.45) is 8.14. The van der Waals surface area contributed by atoms with E-state index in [1.165, 1.54) is 16.7 Å². The van der Waals surface area contributed by atoms with Crippen LogP contribution in [-0.4, -0.2) is 39.9 Å². The predicted molar refractivity (Wildman–Crippen MR) is 141 cm³/mol. The fourth-order valence-electron chi connectivity index (χ4n) is 5.20. The number of aromatic nitrogens is 2. The topological polar surface area (TPSA) is 47.4 Å². The van der Waals surface area contributed by atoms with Crippen molar-refractivity contribution in [1.29, 1.82) is 0 Å². The summed E-state index contributed by atoms with van der Waals surface area (Å²) in [5, 5.41) is 0. The maximum absolute atomic E-state index is 12.7. The van der Waals surface area contributed by atoms with Crippen LogP contribution < -0.4 is 4.74 Å². The van der Waals surface area contributed by atoms with Crippen LogP contribution in [0.3, 0.4) is 0 Å². The molecule has 5 nitrogen and oxygen atoms in total. The molecule has 0 saturated carbocycles. The highest BCUT2D eigenvalue weighted by Gasteiger charge is 2.25. The molecule has 1 atom stereocenters. The Hall–Kier alpha value is -2.92. The molecule has 1 heterocycles. The van der Waals surface area contributed by atoms with Gasteiger partial charge in [-0.25, -0.2) is 4.98 Å². The van der Waals surface area contributed by atoms with E-state index < -0.39 is 0 Å². The Morgan fingerprint density at radius 1 is 1.00 bits per heavy atom. The van der Waals surface area contributed by atoms with E-state index in [0.29, 0.717) is 24.9 Å². The minimum atomic E-state index is 0.0200. The number of carbonyl (C=O) groups excluding carboxylic acids is 1. The predicted octanol–water partition coefficient (Wildman–Crippen LogP) is 6.18. The fourth-order valence-corrected chi connectivity index (χ4v) is 5.20. The molecule has 0 spiro atoms. The summed E-state index contributed by atoms with van der Waals surface area (Å²) < 4.78 is 8.70. The van der Waals surface area contributed by atoms with Gasteiger partial charge in [-0.2, -0.15) is 0 Å². The fraction of sp³-hybridized carbons (Fsp3) is 0.467. The highest BCUT2D eigenvalue weighted by Crippen LogP contribution is 2.33. The van der Waals surface area contributed by atoms with Crippen molar-refractivity contribution in [1.82, 2.24) is 14.5 Å². The minimum Gasteiger partial charge on any atom is -0.491 e. The lowest BCUT2D eigenvalue weighted by Gasteiger charge is -2.30. The second-order valence-corrected chi connectivity index (χ2v) is 10.6. The number of fused-ring (bicyclic) bond motifs is 1. The van der Waals surface area contributed by atoms with E-state index in [1.54, 1.807) is 0 Å². The van der Waals surface area contributed by atoms with Gasteiger partial charge in [-0.05, 0) is 47.9 Å². The van der Waals surface area contributed by atoms with Gasteiger partial charge in [-0.1, -0.05) is 58.0 Å². The number of Topliss-reactive ketones (excluding diaryl/α,β-unsaturated/α-hetero) is 1. The van der Waals surface area contributed by atoms with Crippen LogP contribution in [-0.2, 0) is 13.0 Å². The Morgan fingerprint density at radius 3 is 2.40 bits per heavy atom. The molecule has 1 aromatic heterocycles. The molecule has 2 aromatic carbocycles. The first kappa shape index (κ1) is 25.2. The lowest BCUT2D eigenvalue weighted by molar-refractivity contribution is 0.0971. The van der Waals surface area contributed by atoms with Crippen molar-refractivity contribution in [3.05, 3.63) is 83.4 Å².